The zero-order valence-corrected chi connectivity index (χ0v) is 11.2. The van der Waals surface area contributed by atoms with Crippen LogP contribution in [0.3, 0.4) is 0 Å². The Morgan fingerprint density at radius 2 is 2.07 bits per heavy atom. The number of likely N-dealkylation sites (tertiary alicyclic amines) is 1. The quantitative estimate of drug-likeness (QED) is 0.752. The van der Waals surface area contributed by atoms with E-state index in [4.69, 9.17) is 18.0 Å². The first kappa shape index (κ1) is 12.9. The van der Waals surface area contributed by atoms with Crippen LogP contribution in [-0.4, -0.2) is 28.5 Å². The predicted molar refractivity (Wildman–Crippen MR) is 70.0 cm³/mol. The first-order valence-electron chi connectivity index (χ1n) is 5.95. The lowest BCUT2D eigenvalue weighted by Gasteiger charge is -2.44. The van der Waals surface area contributed by atoms with Gasteiger partial charge in [-0.3, -0.25) is 4.90 Å². The Bertz CT molecular complexity index is 230. The molecule has 0 aliphatic carbocycles. The molecule has 88 valence electrons. The molecule has 1 heterocycles. The molecule has 2 N–H and O–H groups in total. The summed E-state index contributed by atoms with van der Waals surface area (Å²) in [6, 6.07) is 1.15. The van der Waals surface area contributed by atoms with Crippen LogP contribution in [0, 0.1) is 11.8 Å². The summed E-state index contributed by atoms with van der Waals surface area (Å²) in [5, 5.41) is 0. The molecule has 1 aliphatic rings. The highest BCUT2D eigenvalue weighted by atomic mass is 32.1. The van der Waals surface area contributed by atoms with E-state index in [1.807, 2.05) is 0 Å². The van der Waals surface area contributed by atoms with Crippen molar-refractivity contribution in [3.63, 3.8) is 0 Å². The van der Waals surface area contributed by atoms with Gasteiger partial charge >= 0.3 is 0 Å². The minimum absolute atomic E-state index is 0.489. The molecule has 2 nitrogen and oxygen atoms in total. The van der Waals surface area contributed by atoms with Gasteiger partial charge in [0.05, 0.1) is 4.99 Å². The standard InChI is InChI=1S/C12H24N2S/c1-8-5-9(2)11(4)14(7-8)10(3)6-12(13)15/h8-11H,5-7H2,1-4H3,(H2,13,15). The second-order valence-electron chi connectivity index (χ2n) is 5.28. The highest BCUT2D eigenvalue weighted by Gasteiger charge is 2.31. The normalized spacial score (nSPS) is 35.1. The van der Waals surface area contributed by atoms with Crippen molar-refractivity contribution in [3.8, 4) is 0 Å². The maximum atomic E-state index is 5.62. The lowest BCUT2D eigenvalue weighted by atomic mass is 9.85. The molecule has 3 heteroatoms. The fraction of sp³-hybridized carbons (Fsp3) is 0.917. The Balaban J connectivity index is 2.61. The summed E-state index contributed by atoms with van der Waals surface area (Å²) in [5.41, 5.74) is 5.62. The molecule has 15 heavy (non-hydrogen) atoms. The van der Waals surface area contributed by atoms with Crippen molar-refractivity contribution >= 4 is 17.2 Å². The van der Waals surface area contributed by atoms with E-state index in [1.54, 1.807) is 0 Å². The van der Waals surface area contributed by atoms with E-state index in [9.17, 15) is 0 Å². The number of thiocarbonyl (C=S) groups is 1. The van der Waals surface area contributed by atoms with Gasteiger partial charge in [-0.15, -0.1) is 0 Å². The number of nitrogens with zero attached hydrogens (tertiary/aromatic N) is 1. The molecule has 0 radical (unpaired) electrons. The van der Waals surface area contributed by atoms with Crippen LogP contribution in [0.25, 0.3) is 0 Å². The van der Waals surface area contributed by atoms with Crippen molar-refractivity contribution in [1.82, 2.24) is 4.90 Å². The Hall–Kier alpha value is -0.150. The van der Waals surface area contributed by atoms with E-state index >= 15 is 0 Å². The zero-order valence-electron chi connectivity index (χ0n) is 10.4. The molecule has 0 spiro atoms. The van der Waals surface area contributed by atoms with Crippen LogP contribution in [0.15, 0.2) is 0 Å². The van der Waals surface area contributed by atoms with Gasteiger partial charge in [-0.2, -0.15) is 0 Å². The second-order valence-corrected chi connectivity index (χ2v) is 5.80. The number of nitrogens with two attached hydrogens (primary N) is 1. The third-order valence-electron chi connectivity index (χ3n) is 3.71. The number of rotatable bonds is 3. The lowest BCUT2D eigenvalue weighted by molar-refractivity contribution is 0.0491. The molecule has 0 bridgehead atoms. The van der Waals surface area contributed by atoms with Gasteiger partial charge in [-0.1, -0.05) is 26.1 Å². The summed E-state index contributed by atoms with van der Waals surface area (Å²) in [5.74, 6) is 1.58. The predicted octanol–water partition coefficient (Wildman–Crippen LogP) is 2.42. The van der Waals surface area contributed by atoms with Crippen LogP contribution in [0.5, 0.6) is 0 Å². The van der Waals surface area contributed by atoms with Gasteiger partial charge in [-0.25, -0.2) is 0 Å². The van der Waals surface area contributed by atoms with E-state index in [0.29, 0.717) is 17.1 Å². The maximum Gasteiger partial charge on any atom is 0.0742 e. The average Bonchev–Trinajstić information content (AvgIpc) is 2.09. The molecule has 0 aromatic heterocycles. The Kier molecular flexibility index (Phi) is 4.53. The molecule has 0 saturated carbocycles. The number of hydrogen-bond donors (Lipinski definition) is 1. The first-order chi connectivity index (χ1) is 6.91. The van der Waals surface area contributed by atoms with Crippen LogP contribution in [-0.2, 0) is 0 Å². The van der Waals surface area contributed by atoms with E-state index in [0.717, 1.165) is 18.3 Å². The molecule has 0 aromatic carbocycles. The van der Waals surface area contributed by atoms with E-state index in [-0.39, 0.29) is 0 Å². The van der Waals surface area contributed by atoms with Gasteiger partial charge in [0.25, 0.3) is 0 Å². The minimum atomic E-state index is 0.489. The summed E-state index contributed by atoms with van der Waals surface area (Å²) >= 11 is 4.99. The summed E-state index contributed by atoms with van der Waals surface area (Å²) in [4.78, 5) is 3.21. The van der Waals surface area contributed by atoms with Crippen LogP contribution in [0.4, 0.5) is 0 Å². The molecular formula is C12H24N2S. The van der Waals surface area contributed by atoms with E-state index < -0.39 is 0 Å². The van der Waals surface area contributed by atoms with Crippen LogP contribution in [0.1, 0.15) is 40.5 Å². The van der Waals surface area contributed by atoms with Gasteiger partial charge in [0.15, 0.2) is 0 Å². The summed E-state index contributed by atoms with van der Waals surface area (Å²) in [7, 11) is 0. The number of hydrogen-bond acceptors (Lipinski definition) is 2. The van der Waals surface area contributed by atoms with Gasteiger partial charge in [0.2, 0.25) is 0 Å². The third kappa shape index (κ3) is 3.42. The fourth-order valence-electron chi connectivity index (χ4n) is 2.75. The highest BCUT2D eigenvalue weighted by Crippen LogP contribution is 2.28. The largest absolute Gasteiger partial charge is 0.393 e. The molecule has 1 fully saturated rings. The Morgan fingerprint density at radius 1 is 1.47 bits per heavy atom. The average molecular weight is 228 g/mol. The van der Waals surface area contributed by atoms with Gasteiger partial charge in [0.1, 0.15) is 0 Å². The smallest absolute Gasteiger partial charge is 0.0742 e. The molecule has 1 saturated heterocycles. The van der Waals surface area contributed by atoms with E-state index in [2.05, 4.69) is 32.6 Å². The third-order valence-corrected chi connectivity index (χ3v) is 3.87. The highest BCUT2D eigenvalue weighted by molar-refractivity contribution is 7.80. The van der Waals surface area contributed by atoms with Gasteiger partial charge < -0.3 is 5.73 Å². The van der Waals surface area contributed by atoms with E-state index in [1.165, 1.54) is 13.0 Å². The van der Waals surface area contributed by atoms with Crippen LogP contribution < -0.4 is 5.73 Å². The zero-order chi connectivity index (χ0) is 11.6. The Labute approximate surface area is 99.2 Å². The molecular weight excluding hydrogens is 204 g/mol. The molecule has 4 atom stereocenters. The monoisotopic (exact) mass is 228 g/mol. The summed E-state index contributed by atoms with van der Waals surface area (Å²) < 4.78 is 0. The molecule has 1 aliphatic heterocycles. The first-order valence-corrected chi connectivity index (χ1v) is 6.36. The minimum Gasteiger partial charge on any atom is -0.393 e. The Morgan fingerprint density at radius 3 is 2.60 bits per heavy atom. The molecule has 1 rings (SSSR count). The molecule has 0 amide bonds. The van der Waals surface area contributed by atoms with Crippen molar-refractivity contribution in [3.05, 3.63) is 0 Å². The van der Waals surface area contributed by atoms with Crippen LogP contribution in [0.2, 0.25) is 0 Å². The fourth-order valence-corrected chi connectivity index (χ4v) is 2.99. The van der Waals surface area contributed by atoms with Crippen molar-refractivity contribution in [2.75, 3.05) is 6.54 Å². The van der Waals surface area contributed by atoms with Gasteiger partial charge in [-0.05, 0) is 32.1 Å². The molecule has 4 unspecified atom stereocenters. The van der Waals surface area contributed by atoms with Crippen molar-refractivity contribution < 1.29 is 0 Å². The molecule has 0 aromatic rings. The summed E-state index contributed by atoms with van der Waals surface area (Å²) in [6.45, 7) is 10.4. The van der Waals surface area contributed by atoms with Crippen molar-refractivity contribution in [1.29, 1.82) is 0 Å². The number of piperidine rings is 1. The topological polar surface area (TPSA) is 29.3 Å². The van der Waals surface area contributed by atoms with Crippen molar-refractivity contribution in [2.24, 2.45) is 17.6 Å². The van der Waals surface area contributed by atoms with Crippen molar-refractivity contribution in [2.45, 2.75) is 52.6 Å². The summed E-state index contributed by atoms with van der Waals surface area (Å²) in [6.07, 6.45) is 2.19. The van der Waals surface area contributed by atoms with Crippen LogP contribution >= 0.6 is 12.2 Å². The maximum absolute atomic E-state index is 5.62. The SMILES string of the molecule is CC1CC(C)C(C)N(C(C)CC(N)=S)C1. The van der Waals surface area contributed by atoms with Gasteiger partial charge in [0, 0.05) is 25.0 Å². The second kappa shape index (κ2) is 5.26. The lowest BCUT2D eigenvalue weighted by Crippen LogP contribution is -2.50.